The van der Waals surface area contributed by atoms with Crippen molar-refractivity contribution < 1.29 is 28.6 Å². The molecule has 4 rings (SSSR count). The van der Waals surface area contributed by atoms with Crippen LogP contribution < -0.4 is 4.74 Å². The number of aliphatic imine (C=N–C) groups is 1. The maximum atomic E-state index is 13.4. The molecule has 1 fully saturated rings. The first-order chi connectivity index (χ1) is 18.4. The van der Waals surface area contributed by atoms with E-state index in [1.165, 1.54) is 17.8 Å². The molecule has 10 heteroatoms. The third-order valence-corrected chi connectivity index (χ3v) is 7.60. The Morgan fingerprint density at radius 1 is 1.21 bits per heavy atom. The largest absolute Gasteiger partial charge is 0.497 e. The second kappa shape index (κ2) is 12.3. The highest BCUT2D eigenvalue weighted by Gasteiger charge is 2.41. The van der Waals surface area contributed by atoms with Crippen molar-refractivity contribution in [3.05, 3.63) is 64.9 Å². The number of carbonyl (C=O) groups is 3. The first-order valence-corrected chi connectivity index (χ1v) is 13.6. The number of benzene rings is 1. The summed E-state index contributed by atoms with van der Waals surface area (Å²) in [6.07, 6.45) is 3.09. The molecule has 202 valence electrons. The summed E-state index contributed by atoms with van der Waals surface area (Å²) in [5.74, 6) is -0.438. The minimum absolute atomic E-state index is 0.0774. The van der Waals surface area contributed by atoms with E-state index >= 15 is 0 Å². The molecule has 3 aliphatic rings. The standard InChI is InChI=1S/C28H33N3O6S/c1-5-14-37-27(34)24-18(3)29-28-31(25(24)19-9-11-22(35-4)12-10-19)21(17-38-28)15-23(32)30-13-7-8-20(16-30)26(33)36-6-2/h5,9-12,17,20,25H,1,6-8,13-16H2,2-4H3/t20-,25+/m1/s1. The Morgan fingerprint density at radius 3 is 2.66 bits per heavy atom. The third-order valence-electron chi connectivity index (χ3n) is 6.71. The van der Waals surface area contributed by atoms with E-state index in [9.17, 15) is 14.4 Å². The Morgan fingerprint density at radius 2 is 1.97 bits per heavy atom. The van der Waals surface area contributed by atoms with Crippen LogP contribution in [0.2, 0.25) is 0 Å². The number of piperidine rings is 1. The summed E-state index contributed by atoms with van der Waals surface area (Å²) in [5, 5.41) is 2.60. The Bertz CT molecular complexity index is 1190. The molecule has 3 heterocycles. The van der Waals surface area contributed by atoms with Crippen LogP contribution in [0, 0.1) is 5.92 Å². The van der Waals surface area contributed by atoms with Crippen LogP contribution in [0.15, 0.2) is 64.3 Å². The fourth-order valence-corrected chi connectivity index (χ4v) is 5.83. The van der Waals surface area contributed by atoms with Gasteiger partial charge in [0.1, 0.15) is 12.4 Å². The SMILES string of the molecule is C=CCOC(=O)C1=C(C)N=C2SC=C(CC(=O)N3CCC[C@@H](C(=O)OCC)C3)N2[C@H]1c1ccc(OC)cc1. The van der Waals surface area contributed by atoms with Gasteiger partial charge in [-0.3, -0.25) is 9.59 Å². The highest BCUT2D eigenvalue weighted by molar-refractivity contribution is 8.16. The van der Waals surface area contributed by atoms with E-state index in [2.05, 4.69) is 11.6 Å². The van der Waals surface area contributed by atoms with Crippen LogP contribution in [0.3, 0.4) is 0 Å². The average Bonchev–Trinajstić information content (AvgIpc) is 3.32. The van der Waals surface area contributed by atoms with Gasteiger partial charge in [-0.2, -0.15) is 0 Å². The summed E-state index contributed by atoms with van der Waals surface area (Å²) in [4.78, 5) is 47.3. The third kappa shape index (κ3) is 5.80. The zero-order valence-electron chi connectivity index (χ0n) is 22.0. The number of amidine groups is 1. The van der Waals surface area contributed by atoms with Gasteiger partial charge in [0.15, 0.2) is 5.17 Å². The number of amides is 1. The van der Waals surface area contributed by atoms with Crippen LogP contribution in [0.5, 0.6) is 5.75 Å². The van der Waals surface area contributed by atoms with E-state index in [0.29, 0.717) is 48.3 Å². The molecule has 38 heavy (non-hydrogen) atoms. The van der Waals surface area contributed by atoms with Crippen LogP contribution in [-0.2, 0) is 23.9 Å². The summed E-state index contributed by atoms with van der Waals surface area (Å²) in [6, 6.07) is 6.94. The van der Waals surface area contributed by atoms with Crippen molar-refractivity contribution in [3.8, 4) is 5.75 Å². The normalized spacial score (nSPS) is 20.8. The van der Waals surface area contributed by atoms with E-state index in [0.717, 1.165) is 17.7 Å². The molecule has 0 unspecified atom stereocenters. The molecule has 1 aromatic carbocycles. The maximum Gasteiger partial charge on any atom is 0.338 e. The summed E-state index contributed by atoms with van der Waals surface area (Å²) < 4.78 is 15.9. The number of nitrogens with zero attached hydrogens (tertiary/aromatic N) is 3. The quantitative estimate of drug-likeness (QED) is 0.340. The summed E-state index contributed by atoms with van der Waals surface area (Å²) in [7, 11) is 1.60. The van der Waals surface area contributed by atoms with E-state index < -0.39 is 12.0 Å². The van der Waals surface area contributed by atoms with Crippen molar-refractivity contribution in [2.75, 3.05) is 33.4 Å². The molecule has 0 bridgehead atoms. The van der Waals surface area contributed by atoms with Crippen LogP contribution in [0.25, 0.3) is 0 Å². The molecule has 0 aromatic heterocycles. The lowest BCUT2D eigenvalue weighted by molar-refractivity contribution is -0.151. The van der Waals surface area contributed by atoms with Crippen molar-refractivity contribution >= 4 is 34.8 Å². The van der Waals surface area contributed by atoms with Crippen molar-refractivity contribution in [3.63, 3.8) is 0 Å². The minimum Gasteiger partial charge on any atom is -0.497 e. The second-order valence-electron chi connectivity index (χ2n) is 9.16. The Balaban J connectivity index is 1.61. The predicted octanol–water partition coefficient (Wildman–Crippen LogP) is 4.19. The molecule has 0 N–H and O–H groups in total. The van der Waals surface area contributed by atoms with Gasteiger partial charge in [-0.05, 0) is 49.8 Å². The molecule has 1 aromatic rings. The molecule has 1 saturated heterocycles. The number of fused-ring (bicyclic) bond motifs is 1. The van der Waals surface area contributed by atoms with Crippen molar-refractivity contribution in [2.45, 2.75) is 39.2 Å². The average molecular weight is 540 g/mol. The Kier molecular flexibility index (Phi) is 8.93. The topological polar surface area (TPSA) is 97.7 Å². The number of thioether (sulfide) groups is 1. The number of ether oxygens (including phenoxy) is 3. The molecular weight excluding hydrogens is 506 g/mol. The molecule has 0 spiro atoms. The monoisotopic (exact) mass is 539 g/mol. The van der Waals surface area contributed by atoms with Gasteiger partial charge in [-0.15, -0.1) is 0 Å². The van der Waals surface area contributed by atoms with Crippen LogP contribution in [0.4, 0.5) is 0 Å². The number of likely N-dealkylation sites (tertiary alicyclic amines) is 1. The van der Waals surface area contributed by atoms with Crippen molar-refractivity contribution in [1.29, 1.82) is 0 Å². The molecule has 3 aliphatic heterocycles. The minimum atomic E-state index is -0.534. The van der Waals surface area contributed by atoms with Crippen molar-refractivity contribution in [1.82, 2.24) is 9.80 Å². The molecular formula is C28H33N3O6S. The van der Waals surface area contributed by atoms with Gasteiger partial charge in [0.05, 0.1) is 43.4 Å². The lowest BCUT2D eigenvalue weighted by Gasteiger charge is -2.37. The van der Waals surface area contributed by atoms with Crippen LogP contribution in [0.1, 0.15) is 44.7 Å². The number of carbonyl (C=O) groups excluding carboxylic acids is 3. The maximum absolute atomic E-state index is 13.4. The van der Waals surface area contributed by atoms with E-state index in [-0.39, 0.29) is 30.8 Å². The first kappa shape index (κ1) is 27.5. The molecule has 0 aliphatic carbocycles. The van der Waals surface area contributed by atoms with Gasteiger partial charge in [0.2, 0.25) is 5.91 Å². The van der Waals surface area contributed by atoms with Gasteiger partial charge in [0, 0.05) is 18.8 Å². The van der Waals surface area contributed by atoms with Crippen molar-refractivity contribution in [2.24, 2.45) is 10.9 Å². The van der Waals surface area contributed by atoms with Gasteiger partial charge >= 0.3 is 11.9 Å². The van der Waals surface area contributed by atoms with E-state index in [4.69, 9.17) is 14.2 Å². The summed E-state index contributed by atoms with van der Waals surface area (Å²) in [6.45, 7) is 8.54. The Labute approximate surface area is 227 Å². The number of rotatable bonds is 9. The lowest BCUT2D eigenvalue weighted by Crippen LogP contribution is -2.44. The van der Waals surface area contributed by atoms with E-state index in [1.807, 2.05) is 34.6 Å². The second-order valence-corrected chi connectivity index (χ2v) is 10.00. The zero-order chi connectivity index (χ0) is 27.2. The predicted molar refractivity (Wildman–Crippen MR) is 145 cm³/mol. The molecule has 0 saturated carbocycles. The molecule has 0 radical (unpaired) electrons. The lowest BCUT2D eigenvalue weighted by atomic mass is 9.93. The highest BCUT2D eigenvalue weighted by Crippen LogP contribution is 2.45. The highest BCUT2D eigenvalue weighted by atomic mass is 32.2. The number of allylic oxidation sites excluding steroid dienone is 1. The zero-order valence-corrected chi connectivity index (χ0v) is 22.8. The smallest absolute Gasteiger partial charge is 0.338 e. The fraction of sp³-hybridized carbons (Fsp3) is 0.429. The number of methoxy groups -OCH3 is 1. The van der Waals surface area contributed by atoms with E-state index in [1.54, 1.807) is 25.9 Å². The summed E-state index contributed by atoms with van der Waals surface area (Å²) in [5.41, 5.74) is 2.54. The van der Waals surface area contributed by atoms with Crippen LogP contribution >= 0.6 is 11.8 Å². The van der Waals surface area contributed by atoms with Gasteiger partial charge in [-0.25, -0.2) is 9.79 Å². The Hall–Kier alpha value is -3.53. The molecule has 9 nitrogen and oxygen atoms in total. The molecule has 1 amide bonds. The van der Waals surface area contributed by atoms with Gasteiger partial charge in [0.25, 0.3) is 0 Å². The van der Waals surface area contributed by atoms with Gasteiger partial charge in [-0.1, -0.05) is 36.5 Å². The molecule has 2 atom stereocenters. The number of hydrogen-bond acceptors (Lipinski definition) is 9. The van der Waals surface area contributed by atoms with Gasteiger partial charge < -0.3 is 24.0 Å². The number of esters is 2. The first-order valence-electron chi connectivity index (χ1n) is 12.7. The summed E-state index contributed by atoms with van der Waals surface area (Å²) >= 11 is 1.42. The number of hydrogen-bond donors (Lipinski definition) is 0. The fourth-order valence-electron chi connectivity index (χ4n) is 4.87. The van der Waals surface area contributed by atoms with Crippen LogP contribution in [-0.4, -0.2) is 66.2 Å².